The molecule has 2 aromatic rings. The molecule has 7 nitrogen and oxygen atoms in total. The molecule has 3 aliphatic rings. The highest BCUT2D eigenvalue weighted by Crippen LogP contribution is 2.40. The number of amides is 1. The van der Waals surface area contributed by atoms with Gasteiger partial charge in [-0.05, 0) is 42.7 Å². The lowest BCUT2D eigenvalue weighted by atomic mass is 9.94. The number of aliphatic hydroxyl groups excluding tert-OH is 1. The summed E-state index contributed by atoms with van der Waals surface area (Å²) in [5.74, 6) is -0.532. The minimum Gasteiger partial charge on any atom is -0.507 e. The van der Waals surface area contributed by atoms with Crippen LogP contribution in [0.4, 0.5) is 0 Å². The van der Waals surface area contributed by atoms with E-state index < -0.39 is 17.7 Å². The second kappa shape index (κ2) is 9.60. The monoisotopic (exact) mass is 462 g/mol. The van der Waals surface area contributed by atoms with Crippen LogP contribution in [0.5, 0.6) is 5.75 Å². The highest BCUT2D eigenvalue weighted by atomic mass is 16.5. The van der Waals surface area contributed by atoms with E-state index in [1.54, 1.807) is 11.0 Å². The minimum absolute atomic E-state index is 0.0776. The topological polar surface area (TPSA) is 79.3 Å². The Morgan fingerprint density at radius 3 is 2.59 bits per heavy atom. The fourth-order valence-electron chi connectivity index (χ4n) is 5.11. The maximum absolute atomic E-state index is 13.2. The van der Waals surface area contributed by atoms with Crippen LogP contribution in [-0.2, 0) is 20.7 Å². The van der Waals surface area contributed by atoms with Crippen LogP contribution < -0.4 is 4.74 Å². The predicted octanol–water partition coefficient (Wildman–Crippen LogP) is 3.15. The lowest BCUT2D eigenvalue weighted by Gasteiger charge is -2.29. The van der Waals surface area contributed by atoms with Gasteiger partial charge in [0.05, 0.1) is 24.8 Å². The first-order valence-electron chi connectivity index (χ1n) is 12.0. The van der Waals surface area contributed by atoms with Crippen molar-refractivity contribution in [3.8, 4) is 5.75 Å². The number of likely N-dealkylation sites (tertiary alicyclic amines) is 1. The van der Waals surface area contributed by atoms with Crippen molar-refractivity contribution >= 4 is 17.4 Å². The Kier molecular flexibility index (Phi) is 6.39. The molecular formula is C27H30N2O5. The average molecular weight is 463 g/mol. The van der Waals surface area contributed by atoms with Crippen LogP contribution in [0.3, 0.4) is 0 Å². The standard InChI is InChI=1S/C27H30N2O5/c1-18-16-21-17-20(8-9-22(21)34-18)25(30)23-24(19-6-3-2-4-7-19)29(27(32)26(23)31)11-5-10-28-12-14-33-15-13-28/h2-4,6-9,17-18,24,30H,5,10-16H2,1H3/b25-23-. The predicted molar refractivity (Wildman–Crippen MR) is 128 cm³/mol. The maximum Gasteiger partial charge on any atom is 0.295 e. The molecular weight excluding hydrogens is 432 g/mol. The van der Waals surface area contributed by atoms with E-state index in [0.717, 1.165) is 62.6 Å². The number of carbonyl (C=O) groups excluding carboxylic acids is 2. The molecule has 0 aliphatic carbocycles. The summed E-state index contributed by atoms with van der Waals surface area (Å²) >= 11 is 0. The molecule has 7 heteroatoms. The summed E-state index contributed by atoms with van der Waals surface area (Å²) in [4.78, 5) is 30.3. The van der Waals surface area contributed by atoms with Gasteiger partial charge >= 0.3 is 0 Å². The lowest BCUT2D eigenvalue weighted by molar-refractivity contribution is -0.140. The lowest BCUT2D eigenvalue weighted by Crippen LogP contribution is -2.38. The molecule has 178 valence electrons. The minimum atomic E-state index is -0.636. The highest BCUT2D eigenvalue weighted by molar-refractivity contribution is 6.46. The van der Waals surface area contributed by atoms with E-state index in [2.05, 4.69) is 4.90 Å². The van der Waals surface area contributed by atoms with E-state index in [4.69, 9.17) is 9.47 Å². The molecule has 5 rings (SSSR count). The quantitative estimate of drug-likeness (QED) is 0.404. The van der Waals surface area contributed by atoms with Crippen LogP contribution in [0.15, 0.2) is 54.1 Å². The molecule has 0 saturated carbocycles. The molecule has 34 heavy (non-hydrogen) atoms. The molecule has 2 unspecified atom stereocenters. The van der Waals surface area contributed by atoms with Crippen molar-refractivity contribution in [3.05, 3.63) is 70.8 Å². The van der Waals surface area contributed by atoms with Gasteiger partial charge in [0, 0.05) is 38.2 Å². The number of Topliss-reactive ketones (excluding diaryl/α,β-unsaturated/α-hetero) is 1. The zero-order valence-electron chi connectivity index (χ0n) is 19.4. The number of rotatable bonds is 6. The number of hydrogen-bond acceptors (Lipinski definition) is 6. The van der Waals surface area contributed by atoms with E-state index in [9.17, 15) is 14.7 Å². The van der Waals surface area contributed by atoms with Gasteiger partial charge in [0.1, 0.15) is 17.6 Å². The largest absolute Gasteiger partial charge is 0.507 e. The number of morpholine rings is 1. The third kappa shape index (κ3) is 4.33. The molecule has 0 bridgehead atoms. The van der Waals surface area contributed by atoms with Crippen LogP contribution in [0, 0.1) is 0 Å². The molecule has 3 heterocycles. The Hall–Kier alpha value is -3.16. The summed E-state index contributed by atoms with van der Waals surface area (Å²) in [6.07, 6.45) is 1.56. The maximum atomic E-state index is 13.2. The molecule has 2 atom stereocenters. The molecule has 0 spiro atoms. The summed E-state index contributed by atoms with van der Waals surface area (Å²) in [5.41, 5.74) is 2.48. The van der Waals surface area contributed by atoms with Crippen molar-refractivity contribution in [1.29, 1.82) is 0 Å². The normalized spacial score (nSPS) is 24.3. The van der Waals surface area contributed by atoms with Gasteiger partial charge in [-0.2, -0.15) is 0 Å². The van der Waals surface area contributed by atoms with Crippen molar-refractivity contribution in [2.24, 2.45) is 0 Å². The first-order valence-corrected chi connectivity index (χ1v) is 12.0. The zero-order valence-corrected chi connectivity index (χ0v) is 19.4. The smallest absolute Gasteiger partial charge is 0.295 e. The molecule has 3 aliphatic heterocycles. The van der Waals surface area contributed by atoms with E-state index in [-0.39, 0.29) is 17.4 Å². The van der Waals surface area contributed by atoms with Crippen LogP contribution in [-0.4, -0.2) is 72.1 Å². The van der Waals surface area contributed by atoms with Gasteiger partial charge in [-0.3, -0.25) is 14.5 Å². The molecule has 0 radical (unpaired) electrons. The van der Waals surface area contributed by atoms with Gasteiger partial charge in [0.2, 0.25) is 0 Å². The molecule has 0 aromatic heterocycles. The second-order valence-corrected chi connectivity index (χ2v) is 9.17. The number of aliphatic hydroxyl groups is 1. The highest BCUT2D eigenvalue weighted by Gasteiger charge is 2.45. The van der Waals surface area contributed by atoms with E-state index in [1.165, 1.54) is 0 Å². The SMILES string of the molecule is CC1Cc2cc(/C(O)=C3/C(=O)C(=O)N(CCCN4CCOCC4)C3c3ccccc3)ccc2O1. The zero-order chi connectivity index (χ0) is 23.7. The van der Waals surface area contributed by atoms with Crippen LogP contribution in [0.1, 0.15) is 36.1 Å². The number of ketones is 1. The van der Waals surface area contributed by atoms with Crippen LogP contribution in [0.25, 0.3) is 5.76 Å². The summed E-state index contributed by atoms with van der Waals surface area (Å²) in [6, 6.07) is 14.3. The van der Waals surface area contributed by atoms with Crippen molar-refractivity contribution in [2.45, 2.75) is 31.9 Å². The fraction of sp³-hybridized carbons (Fsp3) is 0.407. The Balaban J connectivity index is 1.46. The summed E-state index contributed by atoms with van der Waals surface area (Å²) in [5, 5.41) is 11.3. The Labute approximate surface area is 199 Å². The second-order valence-electron chi connectivity index (χ2n) is 9.17. The van der Waals surface area contributed by atoms with Crippen molar-refractivity contribution in [3.63, 3.8) is 0 Å². The fourth-order valence-corrected chi connectivity index (χ4v) is 5.11. The van der Waals surface area contributed by atoms with Gasteiger partial charge < -0.3 is 19.5 Å². The molecule has 2 fully saturated rings. The van der Waals surface area contributed by atoms with Crippen molar-refractivity contribution in [1.82, 2.24) is 9.80 Å². The molecule has 1 amide bonds. The van der Waals surface area contributed by atoms with Crippen LogP contribution >= 0.6 is 0 Å². The Bertz CT molecular complexity index is 1110. The summed E-state index contributed by atoms with van der Waals surface area (Å²) < 4.78 is 11.2. The van der Waals surface area contributed by atoms with Gasteiger partial charge in [-0.25, -0.2) is 0 Å². The van der Waals surface area contributed by atoms with Gasteiger partial charge in [0.15, 0.2) is 0 Å². The van der Waals surface area contributed by atoms with Crippen molar-refractivity contribution < 1.29 is 24.2 Å². The number of carbonyl (C=O) groups is 2. The number of nitrogens with zero attached hydrogens (tertiary/aromatic N) is 2. The number of benzene rings is 2. The first-order chi connectivity index (χ1) is 16.5. The number of ether oxygens (including phenoxy) is 2. The third-order valence-corrected chi connectivity index (χ3v) is 6.80. The van der Waals surface area contributed by atoms with Gasteiger partial charge in [0.25, 0.3) is 11.7 Å². The number of hydrogen-bond donors (Lipinski definition) is 1. The Morgan fingerprint density at radius 1 is 1.06 bits per heavy atom. The summed E-state index contributed by atoms with van der Waals surface area (Å²) in [7, 11) is 0. The number of fused-ring (bicyclic) bond motifs is 1. The van der Waals surface area contributed by atoms with Crippen molar-refractivity contribution in [2.75, 3.05) is 39.4 Å². The van der Waals surface area contributed by atoms with Crippen LogP contribution in [0.2, 0.25) is 0 Å². The van der Waals surface area contributed by atoms with E-state index >= 15 is 0 Å². The molecule has 2 aromatic carbocycles. The van der Waals surface area contributed by atoms with E-state index in [1.807, 2.05) is 49.4 Å². The molecule has 2 saturated heterocycles. The average Bonchev–Trinajstić information content (AvgIpc) is 3.35. The van der Waals surface area contributed by atoms with Gasteiger partial charge in [-0.1, -0.05) is 30.3 Å². The summed E-state index contributed by atoms with van der Waals surface area (Å²) in [6.45, 7) is 6.46. The third-order valence-electron chi connectivity index (χ3n) is 6.80. The van der Waals surface area contributed by atoms with E-state index in [0.29, 0.717) is 12.1 Å². The Morgan fingerprint density at radius 2 is 1.82 bits per heavy atom. The first kappa shape index (κ1) is 22.6. The van der Waals surface area contributed by atoms with Gasteiger partial charge in [-0.15, -0.1) is 0 Å². The molecule has 1 N–H and O–H groups in total.